The highest BCUT2D eigenvalue weighted by Gasteiger charge is 2.32. The van der Waals surface area contributed by atoms with Crippen LogP contribution in [-0.2, 0) is 0 Å². The van der Waals surface area contributed by atoms with Gasteiger partial charge in [0.05, 0.1) is 12.8 Å². The lowest BCUT2D eigenvalue weighted by atomic mass is 9.80. The lowest BCUT2D eigenvalue weighted by Crippen LogP contribution is -2.27. The van der Waals surface area contributed by atoms with Gasteiger partial charge in [0.1, 0.15) is 11.6 Å². The Bertz CT molecular complexity index is 505. The first-order valence-corrected chi connectivity index (χ1v) is 7.10. The number of nitrogens with zero attached hydrogens (tertiary/aromatic N) is 1. The number of nitrogens with one attached hydrogen (secondary N) is 1. The predicted octanol–water partition coefficient (Wildman–Crippen LogP) is 2.85. The molecule has 1 saturated heterocycles. The molecule has 20 heavy (non-hydrogen) atoms. The van der Waals surface area contributed by atoms with E-state index in [0.717, 1.165) is 30.1 Å². The first-order valence-electron chi connectivity index (χ1n) is 7.10. The second-order valence-corrected chi connectivity index (χ2v) is 6.59. The van der Waals surface area contributed by atoms with Crippen molar-refractivity contribution in [3.8, 4) is 5.75 Å². The van der Waals surface area contributed by atoms with Crippen molar-refractivity contribution in [2.45, 2.75) is 27.2 Å². The number of anilines is 1. The normalized spacial score (nSPS) is 19.2. The summed E-state index contributed by atoms with van der Waals surface area (Å²) in [5, 5.41) is 7.75. The van der Waals surface area contributed by atoms with Gasteiger partial charge in [-0.05, 0) is 29.9 Å². The van der Waals surface area contributed by atoms with Crippen molar-refractivity contribution in [3.63, 3.8) is 0 Å². The van der Waals surface area contributed by atoms with Gasteiger partial charge in [-0.1, -0.05) is 20.8 Å². The average molecular weight is 275 g/mol. The number of hydrogen-bond acceptors (Lipinski definition) is 3. The quantitative estimate of drug-likeness (QED) is 0.658. The summed E-state index contributed by atoms with van der Waals surface area (Å²) < 4.78 is 5.31. The largest absolute Gasteiger partial charge is 0.497 e. The topological polar surface area (TPSA) is 62.3 Å². The van der Waals surface area contributed by atoms with Crippen LogP contribution >= 0.6 is 0 Å². The molecule has 1 fully saturated rings. The Kier molecular flexibility index (Phi) is 3.93. The van der Waals surface area contributed by atoms with Crippen LogP contribution in [0.5, 0.6) is 5.75 Å². The minimum absolute atomic E-state index is 0.113. The highest BCUT2D eigenvalue weighted by Crippen LogP contribution is 2.37. The second-order valence-electron chi connectivity index (χ2n) is 6.59. The summed E-state index contributed by atoms with van der Waals surface area (Å²) in [7, 11) is 1.66. The third kappa shape index (κ3) is 2.89. The maximum Gasteiger partial charge on any atom is 0.124 e. The zero-order valence-electron chi connectivity index (χ0n) is 12.9. The molecule has 1 aliphatic rings. The number of nitrogens with two attached hydrogens (primary N) is 1. The van der Waals surface area contributed by atoms with Gasteiger partial charge in [-0.2, -0.15) is 0 Å². The Morgan fingerprint density at radius 1 is 1.40 bits per heavy atom. The van der Waals surface area contributed by atoms with E-state index in [9.17, 15) is 0 Å². The van der Waals surface area contributed by atoms with Crippen LogP contribution < -0.4 is 15.4 Å². The van der Waals surface area contributed by atoms with Crippen molar-refractivity contribution in [3.05, 3.63) is 23.8 Å². The van der Waals surface area contributed by atoms with Gasteiger partial charge in [-0.25, -0.2) is 0 Å². The number of hydrogen-bond donors (Lipinski definition) is 2. The molecule has 4 heteroatoms. The molecule has 110 valence electrons. The zero-order chi connectivity index (χ0) is 14.9. The number of benzene rings is 1. The van der Waals surface area contributed by atoms with Gasteiger partial charge in [-0.3, -0.25) is 5.41 Å². The first-order chi connectivity index (χ1) is 9.32. The lowest BCUT2D eigenvalue weighted by Gasteiger charge is -2.28. The van der Waals surface area contributed by atoms with E-state index in [1.807, 2.05) is 18.2 Å². The van der Waals surface area contributed by atoms with Crippen molar-refractivity contribution in [2.24, 2.45) is 17.1 Å². The monoisotopic (exact) mass is 275 g/mol. The van der Waals surface area contributed by atoms with Crippen molar-refractivity contribution >= 4 is 11.5 Å². The highest BCUT2D eigenvalue weighted by molar-refractivity contribution is 6.00. The van der Waals surface area contributed by atoms with Gasteiger partial charge < -0.3 is 15.4 Å². The van der Waals surface area contributed by atoms with Crippen LogP contribution in [0.1, 0.15) is 32.8 Å². The second kappa shape index (κ2) is 5.35. The van der Waals surface area contributed by atoms with Crippen molar-refractivity contribution < 1.29 is 4.74 Å². The molecule has 0 spiro atoms. The molecule has 0 aromatic heterocycles. The van der Waals surface area contributed by atoms with E-state index in [1.54, 1.807) is 7.11 Å². The molecule has 0 bridgehead atoms. The summed E-state index contributed by atoms with van der Waals surface area (Å²) in [6.07, 6.45) is 1.18. The fourth-order valence-electron chi connectivity index (χ4n) is 2.81. The first kappa shape index (κ1) is 14.7. The van der Waals surface area contributed by atoms with Gasteiger partial charge in [0.2, 0.25) is 0 Å². The summed E-state index contributed by atoms with van der Waals surface area (Å²) in [6.45, 7) is 8.89. The van der Waals surface area contributed by atoms with Crippen LogP contribution in [0, 0.1) is 16.7 Å². The summed E-state index contributed by atoms with van der Waals surface area (Å²) >= 11 is 0. The Morgan fingerprint density at radius 3 is 2.60 bits per heavy atom. The van der Waals surface area contributed by atoms with Crippen LogP contribution in [0.15, 0.2) is 18.2 Å². The third-order valence-corrected chi connectivity index (χ3v) is 4.25. The molecule has 1 heterocycles. The fourth-order valence-corrected chi connectivity index (χ4v) is 2.81. The van der Waals surface area contributed by atoms with Crippen LogP contribution in [0.4, 0.5) is 5.69 Å². The summed E-state index contributed by atoms with van der Waals surface area (Å²) in [6, 6.07) is 5.72. The van der Waals surface area contributed by atoms with E-state index in [-0.39, 0.29) is 5.84 Å². The third-order valence-electron chi connectivity index (χ3n) is 4.25. The Hall–Kier alpha value is -1.71. The Balaban J connectivity index is 2.30. The number of amidine groups is 1. The molecule has 1 aromatic carbocycles. The molecular weight excluding hydrogens is 250 g/mol. The molecule has 1 unspecified atom stereocenters. The van der Waals surface area contributed by atoms with Gasteiger partial charge in [0.15, 0.2) is 0 Å². The van der Waals surface area contributed by atoms with Crippen LogP contribution in [0.3, 0.4) is 0 Å². The standard InChI is InChI=1S/C16H25N3O/c1-16(2,3)11-7-8-19(10-11)14-9-12(20-4)5-6-13(14)15(17)18/h5-6,9,11H,7-8,10H2,1-4H3,(H3,17,18). The molecule has 0 amide bonds. The van der Waals surface area contributed by atoms with E-state index >= 15 is 0 Å². The lowest BCUT2D eigenvalue weighted by molar-refractivity contribution is 0.263. The van der Waals surface area contributed by atoms with Crippen molar-refractivity contribution in [2.75, 3.05) is 25.1 Å². The molecular formula is C16H25N3O. The number of rotatable bonds is 3. The maximum atomic E-state index is 7.75. The predicted molar refractivity (Wildman–Crippen MR) is 83.8 cm³/mol. The SMILES string of the molecule is COc1ccc(C(=N)N)c(N2CCC(C(C)(C)C)C2)c1. The molecule has 1 aliphatic heterocycles. The molecule has 1 atom stereocenters. The maximum absolute atomic E-state index is 7.75. The van der Waals surface area contributed by atoms with Gasteiger partial charge in [-0.15, -0.1) is 0 Å². The summed E-state index contributed by atoms with van der Waals surface area (Å²) in [4.78, 5) is 2.33. The molecule has 0 aliphatic carbocycles. The Morgan fingerprint density at radius 2 is 2.10 bits per heavy atom. The van der Waals surface area contributed by atoms with Gasteiger partial charge in [0, 0.05) is 24.7 Å². The number of methoxy groups -OCH3 is 1. The molecule has 4 nitrogen and oxygen atoms in total. The van der Waals surface area contributed by atoms with Crippen LogP contribution in [0.2, 0.25) is 0 Å². The average Bonchev–Trinajstić information content (AvgIpc) is 2.87. The Labute approximate surface area is 121 Å². The number of ether oxygens (including phenoxy) is 1. The molecule has 0 saturated carbocycles. The minimum Gasteiger partial charge on any atom is -0.497 e. The summed E-state index contributed by atoms with van der Waals surface area (Å²) in [5.41, 5.74) is 7.83. The van der Waals surface area contributed by atoms with E-state index in [0.29, 0.717) is 11.3 Å². The van der Waals surface area contributed by atoms with Crippen molar-refractivity contribution in [1.29, 1.82) is 5.41 Å². The van der Waals surface area contributed by atoms with E-state index in [2.05, 4.69) is 25.7 Å². The van der Waals surface area contributed by atoms with Gasteiger partial charge in [0.25, 0.3) is 0 Å². The zero-order valence-corrected chi connectivity index (χ0v) is 12.9. The van der Waals surface area contributed by atoms with E-state index < -0.39 is 0 Å². The molecule has 1 aromatic rings. The highest BCUT2D eigenvalue weighted by atomic mass is 16.5. The smallest absolute Gasteiger partial charge is 0.124 e. The summed E-state index contributed by atoms with van der Waals surface area (Å²) in [5.74, 6) is 1.58. The number of nitrogen functional groups attached to an aromatic ring is 1. The molecule has 2 rings (SSSR count). The van der Waals surface area contributed by atoms with Crippen molar-refractivity contribution in [1.82, 2.24) is 0 Å². The van der Waals surface area contributed by atoms with E-state index in [1.165, 1.54) is 6.42 Å². The minimum atomic E-state index is 0.113. The fraction of sp³-hybridized carbons (Fsp3) is 0.562. The van der Waals surface area contributed by atoms with E-state index in [4.69, 9.17) is 15.9 Å². The molecule has 3 N–H and O–H groups in total. The van der Waals surface area contributed by atoms with Gasteiger partial charge >= 0.3 is 0 Å². The molecule has 0 radical (unpaired) electrons. The van der Waals surface area contributed by atoms with Crippen LogP contribution in [0.25, 0.3) is 0 Å². The van der Waals surface area contributed by atoms with Crippen LogP contribution in [-0.4, -0.2) is 26.0 Å².